The molecule has 2 heterocycles. The largest absolute Gasteiger partial charge is 1.00 e. The van der Waals surface area contributed by atoms with Crippen LogP contribution < -0.4 is 23.7 Å². The quantitative estimate of drug-likeness (QED) is 0.0836. The highest BCUT2D eigenvalue weighted by Crippen LogP contribution is 2.34. The Bertz CT molecular complexity index is 1920. The van der Waals surface area contributed by atoms with Crippen molar-refractivity contribution in [3.63, 3.8) is 0 Å². The standard InChI is InChI=1S/C20H24O4.C10H10O3.2C10H14O.CH4/c1-4-14(2)17-6-8-18(9-7-17)24-15(3)21-12-16-5-10-19-20(11-16)23-13-22-19;1-2-11-6-8-3-4-9-10(5-8)13-7-12-9;2*1-3-8(2)9-4-6-10(11)7-5-9;/h5-11,14-15H,4,12-13H2,1-3H3;2-5H,1,6-7H2;2*4-8,11H,3H2,1-2H3;1H4/p+1. The number of aromatic hydroxyl groups is 2. The molecular formula is C51H67O9+. The molecule has 0 spiro atoms. The number of fused-ring (bicyclic) bond motifs is 2. The van der Waals surface area contributed by atoms with Gasteiger partial charge in [0, 0.05) is 0 Å². The molecule has 0 saturated carbocycles. The Morgan fingerprint density at radius 1 is 0.567 bits per heavy atom. The number of phenols is 2. The van der Waals surface area contributed by atoms with E-state index in [4.69, 9.17) is 43.4 Å². The summed E-state index contributed by atoms with van der Waals surface area (Å²) in [5, 5.41) is 18.0. The maximum absolute atomic E-state index is 9.01. The Labute approximate surface area is 360 Å². The fourth-order valence-corrected chi connectivity index (χ4v) is 5.84. The van der Waals surface area contributed by atoms with Gasteiger partial charge in [-0.2, -0.15) is 0 Å². The summed E-state index contributed by atoms with van der Waals surface area (Å²) in [7, 11) is 0. The first kappa shape index (κ1) is 48.6. The summed E-state index contributed by atoms with van der Waals surface area (Å²) >= 11 is 0. The van der Waals surface area contributed by atoms with Crippen molar-refractivity contribution < 1.29 is 44.8 Å². The highest BCUT2D eigenvalue weighted by Gasteiger charge is 2.15. The minimum atomic E-state index is -0.329. The number of benzene rings is 5. The SMILES string of the molecule is C.C=COCc1ccc2c(c1)OCO2.CCC(C)c1ccc(O)cc1.CCC(C)c1ccc(O)cc1.CCC(C)c1ccc(OC(C)OCc2ccc3c(c2)OCO3)cc1.[H+]. The van der Waals surface area contributed by atoms with Crippen molar-refractivity contribution in [1.29, 1.82) is 0 Å². The van der Waals surface area contributed by atoms with Gasteiger partial charge in [-0.15, -0.1) is 0 Å². The van der Waals surface area contributed by atoms with Crippen LogP contribution in [0.4, 0.5) is 0 Å². The van der Waals surface area contributed by atoms with Crippen molar-refractivity contribution in [3.8, 4) is 40.2 Å². The molecule has 9 nitrogen and oxygen atoms in total. The van der Waals surface area contributed by atoms with Crippen LogP contribution in [0.1, 0.15) is 122 Å². The fourth-order valence-electron chi connectivity index (χ4n) is 5.84. The van der Waals surface area contributed by atoms with Crippen LogP contribution in [-0.2, 0) is 22.7 Å². The number of phenolic OH excluding ortho intramolecular Hbond substituents is 2. The summed E-state index contributed by atoms with van der Waals surface area (Å²) < 4.78 is 37.7. The van der Waals surface area contributed by atoms with E-state index in [1.807, 2.05) is 79.7 Å². The second-order valence-electron chi connectivity index (χ2n) is 14.5. The van der Waals surface area contributed by atoms with E-state index < -0.39 is 0 Å². The van der Waals surface area contributed by atoms with Gasteiger partial charge in [0.15, 0.2) is 29.3 Å². The van der Waals surface area contributed by atoms with Crippen molar-refractivity contribution in [2.75, 3.05) is 13.6 Å². The first-order chi connectivity index (χ1) is 28.5. The summed E-state index contributed by atoms with van der Waals surface area (Å²) in [5.41, 5.74) is 6.00. The van der Waals surface area contributed by atoms with Gasteiger partial charge in [-0.05, 0) is 132 Å². The number of hydrogen-bond donors (Lipinski definition) is 2. The molecule has 9 heteroatoms. The lowest BCUT2D eigenvalue weighted by molar-refractivity contribution is -0.0759. The van der Waals surface area contributed by atoms with Gasteiger partial charge in [0.1, 0.15) is 23.9 Å². The van der Waals surface area contributed by atoms with E-state index in [0.717, 1.165) is 59.1 Å². The number of rotatable bonds is 14. The molecule has 0 bridgehead atoms. The average molecular weight is 824 g/mol. The minimum absolute atomic E-state index is 0. The number of hydrogen-bond acceptors (Lipinski definition) is 9. The Hall–Kier alpha value is -5.80. The van der Waals surface area contributed by atoms with Crippen LogP contribution in [0.5, 0.6) is 40.2 Å². The Balaban J connectivity index is 0.000000296. The summed E-state index contributed by atoms with van der Waals surface area (Å²) in [5.74, 6) is 6.39. The predicted molar refractivity (Wildman–Crippen MR) is 242 cm³/mol. The lowest BCUT2D eigenvalue weighted by Gasteiger charge is -2.16. The predicted octanol–water partition coefficient (Wildman–Crippen LogP) is 13.5. The zero-order chi connectivity index (χ0) is 42.6. The Kier molecular flexibility index (Phi) is 20.7. The van der Waals surface area contributed by atoms with Gasteiger partial charge in [0.25, 0.3) is 0 Å². The van der Waals surface area contributed by atoms with Crippen molar-refractivity contribution in [1.82, 2.24) is 0 Å². The molecule has 0 saturated heterocycles. The van der Waals surface area contributed by atoms with Crippen LogP contribution in [0.3, 0.4) is 0 Å². The van der Waals surface area contributed by atoms with Gasteiger partial charge < -0.3 is 43.4 Å². The molecule has 0 amide bonds. The summed E-state index contributed by atoms with van der Waals surface area (Å²) in [6, 6.07) is 34.6. The van der Waals surface area contributed by atoms with Crippen LogP contribution in [0.25, 0.3) is 0 Å². The third-order valence-electron chi connectivity index (χ3n) is 10.2. The first-order valence-electron chi connectivity index (χ1n) is 20.5. The van der Waals surface area contributed by atoms with E-state index in [-0.39, 0.29) is 21.9 Å². The first-order valence-corrected chi connectivity index (χ1v) is 20.5. The summed E-state index contributed by atoms with van der Waals surface area (Å²) in [6.07, 6.45) is 4.51. The van der Waals surface area contributed by atoms with E-state index in [9.17, 15) is 0 Å². The van der Waals surface area contributed by atoms with Gasteiger partial charge in [-0.3, -0.25) is 0 Å². The highest BCUT2D eigenvalue weighted by atomic mass is 16.7. The van der Waals surface area contributed by atoms with Gasteiger partial charge in [-0.1, -0.05) is 104 Å². The average Bonchev–Trinajstić information content (AvgIpc) is 3.95. The van der Waals surface area contributed by atoms with Crippen molar-refractivity contribution in [3.05, 3.63) is 150 Å². The van der Waals surface area contributed by atoms with Crippen LogP contribution in [0, 0.1) is 0 Å². The van der Waals surface area contributed by atoms with Gasteiger partial charge in [0.05, 0.1) is 12.9 Å². The zero-order valence-corrected chi connectivity index (χ0v) is 35.7. The molecule has 60 heavy (non-hydrogen) atoms. The molecule has 0 aliphatic carbocycles. The van der Waals surface area contributed by atoms with Crippen LogP contribution >= 0.6 is 0 Å². The van der Waals surface area contributed by atoms with Crippen molar-refractivity contribution in [2.24, 2.45) is 0 Å². The maximum Gasteiger partial charge on any atom is 1.00 e. The minimum Gasteiger partial charge on any atom is -0.508 e. The molecule has 0 aromatic heterocycles. The summed E-state index contributed by atoms with van der Waals surface area (Å²) in [4.78, 5) is 0. The molecule has 324 valence electrons. The Morgan fingerprint density at radius 2 is 0.950 bits per heavy atom. The van der Waals surface area contributed by atoms with E-state index in [0.29, 0.717) is 49.3 Å². The second-order valence-corrected chi connectivity index (χ2v) is 14.5. The van der Waals surface area contributed by atoms with Crippen LogP contribution in [0.2, 0.25) is 0 Å². The van der Waals surface area contributed by atoms with Crippen LogP contribution in [0.15, 0.2) is 122 Å². The Morgan fingerprint density at radius 3 is 1.35 bits per heavy atom. The molecular weight excluding hydrogens is 757 g/mol. The molecule has 5 aromatic rings. The topological polar surface area (TPSA) is 105 Å². The lowest BCUT2D eigenvalue weighted by Crippen LogP contribution is -2.16. The van der Waals surface area contributed by atoms with Crippen molar-refractivity contribution >= 4 is 0 Å². The molecule has 7 rings (SSSR count). The summed E-state index contributed by atoms with van der Waals surface area (Å²) in [6.45, 7) is 20.1. The number of ether oxygens (including phenoxy) is 7. The van der Waals surface area contributed by atoms with E-state index in [2.05, 4.69) is 60.3 Å². The molecule has 2 aliphatic rings. The normalized spacial score (nSPS) is 13.5. The third-order valence-corrected chi connectivity index (χ3v) is 10.2. The van der Waals surface area contributed by atoms with Gasteiger partial charge in [0.2, 0.25) is 13.6 Å². The monoisotopic (exact) mass is 823 g/mol. The van der Waals surface area contributed by atoms with Gasteiger partial charge in [-0.25, -0.2) is 0 Å². The van der Waals surface area contributed by atoms with Gasteiger partial charge >= 0.3 is 1.43 Å². The molecule has 0 radical (unpaired) electrons. The highest BCUT2D eigenvalue weighted by molar-refractivity contribution is 5.45. The lowest BCUT2D eigenvalue weighted by atomic mass is 9.99. The molecule has 2 N–H and O–H groups in total. The molecule has 4 atom stereocenters. The van der Waals surface area contributed by atoms with E-state index in [1.54, 1.807) is 24.3 Å². The molecule has 0 fully saturated rings. The maximum atomic E-state index is 9.01. The zero-order valence-electron chi connectivity index (χ0n) is 36.7. The smallest absolute Gasteiger partial charge is 0.508 e. The second kappa shape index (κ2) is 25.6. The van der Waals surface area contributed by atoms with Crippen molar-refractivity contribution in [2.45, 2.75) is 112 Å². The molecule has 4 unspecified atom stereocenters. The third kappa shape index (κ3) is 15.8. The molecule has 2 aliphatic heterocycles. The van der Waals surface area contributed by atoms with E-state index >= 15 is 0 Å². The van der Waals surface area contributed by atoms with E-state index in [1.165, 1.54) is 23.0 Å². The van der Waals surface area contributed by atoms with Crippen LogP contribution in [-0.4, -0.2) is 30.1 Å². The molecule has 5 aromatic carbocycles. The fraction of sp³-hybridized carbons (Fsp3) is 0.373.